The second kappa shape index (κ2) is 33.4. The molecule has 0 aliphatic rings. The van der Waals surface area contributed by atoms with Crippen LogP contribution in [0.15, 0.2) is 183 Å². The van der Waals surface area contributed by atoms with Crippen LogP contribution in [0.3, 0.4) is 0 Å². The molecule has 10 rings (SSSR count). The summed E-state index contributed by atoms with van der Waals surface area (Å²) in [5, 5.41) is 0. The number of rotatable bonds is 12. The predicted molar refractivity (Wildman–Crippen MR) is 392 cm³/mol. The van der Waals surface area contributed by atoms with Crippen molar-refractivity contribution >= 4 is 0 Å². The number of aryl methyl sites for hydroxylation is 13. The van der Waals surface area contributed by atoms with E-state index in [0.29, 0.717) is 39.9 Å². The van der Waals surface area contributed by atoms with E-state index in [0.717, 1.165) is 91.0 Å². The zero-order valence-electron chi connectivity index (χ0n) is 82.8. The Kier molecular flexibility index (Phi) is 16.1. The van der Waals surface area contributed by atoms with Crippen LogP contribution in [0.25, 0.3) is 56.3 Å². The van der Waals surface area contributed by atoms with Gasteiger partial charge in [0, 0.05) is 127 Å². The lowest BCUT2D eigenvalue weighted by molar-refractivity contribution is -0.667. The maximum absolute atomic E-state index is 8.51. The smallest absolute Gasteiger partial charge is 0.201 e. The van der Waals surface area contributed by atoms with Gasteiger partial charge >= 0.3 is 0 Å². The van der Waals surface area contributed by atoms with Crippen LogP contribution in [0.5, 0.6) is 0 Å². The molecule has 5 heterocycles. The first-order chi connectivity index (χ1) is 53.2. The van der Waals surface area contributed by atoms with E-state index in [9.17, 15) is 0 Å². The highest BCUT2D eigenvalue weighted by Crippen LogP contribution is 2.32. The molecule has 0 aliphatic heterocycles. The fraction of sp³-hybridized carbons (Fsp3) is 0.368. The van der Waals surface area contributed by atoms with Gasteiger partial charge in [0.25, 0.3) is 0 Å². The molecular formula is C87H114N5+5. The van der Waals surface area contributed by atoms with E-state index < -0.39 is 77.0 Å². The van der Waals surface area contributed by atoms with Gasteiger partial charge in [0.1, 0.15) is 35.2 Å². The van der Waals surface area contributed by atoms with Gasteiger partial charge in [-0.25, -0.2) is 18.3 Å². The van der Waals surface area contributed by atoms with Crippen LogP contribution < -0.4 is 22.8 Å². The van der Waals surface area contributed by atoms with Crippen molar-refractivity contribution in [1.82, 2.24) is 0 Å². The summed E-state index contributed by atoms with van der Waals surface area (Å²) in [4.78, 5) is 0. The molecule has 0 radical (unpaired) electrons. The molecule has 0 saturated heterocycles. The molecule has 92 heavy (non-hydrogen) atoms. The largest absolute Gasteiger partial charge is 0.215 e. The molecule has 5 heteroatoms. The maximum atomic E-state index is 8.51. The fourth-order valence-corrected chi connectivity index (χ4v) is 11.4. The Morgan fingerprint density at radius 2 is 0.761 bits per heavy atom. The normalized spacial score (nSPS) is 18.7. The first-order valence-corrected chi connectivity index (χ1v) is 31.2. The van der Waals surface area contributed by atoms with E-state index in [1.54, 1.807) is 43.9 Å². The summed E-state index contributed by atoms with van der Waals surface area (Å²) < 4.78 is 206. The summed E-state index contributed by atoms with van der Waals surface area (Å²) in [5.74, 6) is -8.27. The van der Waals surface area contributed by atoms with E-state index in [1.165, 1.54) is 44.2 Å². The van der Waals surface area contributed by atoms with Crippen LogP contribution in [-0.4, -0.2) is 0 Å². The highest BCUT2D eigenvalue weighted by atomic mass is 15.0. The first kappa shape index (κ1) is 44.4. The topological polar surface area (TPSA) is 19.4 Å². The first-order valence-electron chi connectivity index (χ1n) is 43.7. The molecule has 0 bridgehead atoms. The molecule has 0 amide bonds. The summed E-state index contributed by atoms with van der Waals surface area (Å²) in [5.41, 5.74) is 19.7. The molecule has 0 saturated carbocycles. The molecule has 0 fully saturated rings. The molecule has 5 aromatic carbocycles. The molecule has 0 N–H and O–H groups in total. The summed E-state index contributed by atoms with van der Waals surface area (Å²) in [6.07, 6.45) is 4.58. The van der Waals surface area contributed by atoms with Crippen LogP contribution in [0, 0.1) is 55.3 Å². The third-order valence-corrected chi connectivity index (χ3v) is 16.8. The van der Waals surface area contributed by atoms with Gasteiger partial charge in [-0.3, -0.25) is 0 Å². The molecule has 4 unspecified atom stereocenters. The zero-order chi connectivity index (χ0) is 89.2. The van der Waals surface area contributed by atoms with Gasteiger partial charge < -0.3 is 0 Å². The molecular weight excluding hydrogens is 1110 g/mol. The minimum atomic E-state index is -3.02. The Hall–Kier alpha value is -8.15. The lowest BCUT2D eigenvalue weighted by Crippen LogP contribution is -2.35. The molecule has 4 atom stereocenters. The lowest BCUT2D eigenvalue weighted by atomic mass is 9.90. The van der Waals surface area contributed by atoms with Crippen LogP contribution in [0.4, 0.5) is 0 Å². The monoisotopic (exact) mass is 1250 g/mol. The van der Waals surface area contributed by atoms with Gasteiger partial charge in [0.15, 0.2) is 30.5 Å². The van der Waals surface area contributed by atoms with E-state index in [1.807, 2.05) is 216 Å². The minimum absolute atomic E-state index is 0.162. The summed E-state index contributed by atoms with van der Waals surface area (Å²) >= 11 is 0. The summed E-state index contributed by atoms with van der Waals surface area (Å²) in [6.45, 7) is 9.70. The molecule has 482 valence electrons. The standard InChI is InChI=1S/C19H26N.2C18H24N.C17H22N.C15H18N/c1-13(2)17-11-19(16-10-8-7-9-15(16)5)20(6)12-18(17)14(3)4;2*1-6-15-12-19(5)18(11-17(15)13(2)3)16-10-8-7-9-14(16)4;1-12(2)15-10-14(4)17(18(5)11-15)16-9-7-6-8-13(16)3;1-11-9-10-15(16(4)13(11)3)14-8-6-5-7-12(14)2/h7-14H,1-6H3;2*7-13H,6H2,1-5H3;6-12H,1-5H3;5-10H,1-4H3/q5*+1/i3D3,13D,14D;1D3,2D3,6D2,13D;2D3,13D;1D3,12D;1D3. The van der Waals surface area contributed by atoms with Gasteiger partial charge in [-0.2, -0.15) is 4.57 Å². The third-order valence-electron chi connectivity index (χ3n) is 16.8. The predicted octanol–water partition coefficient (Wildman–Crippen LogP) is 20.1. The number of aromatic nitrogens is 5. The van der Waals surface area contributed by atoms with E-state index in [-0.39, 0.29) is 11.1 Å². The fourth-order valence-electron chi connectivity index (χ4n) is 11.4. The Labute approximate surface area is 593 Å². The van der Waals surface area contributed by atoms with Crippen molar-refractivity contribution < 1.29 is 57.1 Å². The van der Waals surface area contributed by atoms with Crippen molar-refractivity contribution in [3.8, 4) is 56.3 Å². The molecule has 0 aliphatic carbocycles. The Morgan fingerprint density at radius 1 is 0.370 bits per heavy atom. The lowest BCUT2D eigenvalue weighted by Gasteiger charge is -2.16. The molecule has 5 nitrogen and oxygen atoms in total. The number of hydrogen-bond acceptors (Lipinski definition) is 0. The number of nitrogens with zero attached hydrogens (tertiary/aromatic N) is 5. The highest BCUT2D eigenvalue weighted by molar-refractivity contribution is 5.66. The average molecular weight is 1260 g/mol. The van der Waals surface area contributed by atoms with E-state index >= 15 is 0 Å². The van der Waals surface area contributed by atoms with Crippen molar-refractivity contribution in [2.24, 2.45) is 35.2 Å². The second-order valence-electron chi connectivity index (χ2n) is 24.1. The van der Waals surface area contributed by atoms with Crippen molar-refractivity contribution in [2.45, 2.75) is 180 Å². The van der Waals surface area contributed by atoms with Crippen LogP contribution in [0.1, 0.15) is 230 Å². The zero-order valence-corrected chi connectivity index (χ0v) is 57.8. The van der Waals surface area contributed by atoms with Crippen molar-refractivity contribution in [2.75, 3.05) is 0 Å². The maximum Gasteiger partial charge on any atom is 0.215 e. The van der Waals surface area contributed by atoms with E-state index in [4.69, 9.17) is 34.3 Å². The van der Waals surface area contributed by atoms with Gasteiger partial charge in [0.05, 0.1) is 0 Å². The molecule has 10 aromatic rings. The van der Waals surface area contributed by atoms with Crippen LogP contribution in [0.2, 0.25) is 0 Å². The van der Waals surface area contributed by atoms with Crippen molar-refractivity contribution in [3.05, 3.63) is 266 Å². The van der Waals surface area contributed by atoms with Gasteiger partial charge in [-0.05, 0) is 178 Å². The molecule has 5 aromatic heterocycles. The van der Waals surface area contributed by atoms with Crippen molar-refractivity contribution in [1.29, 1.82) is 0 Å². The Bertz CT molecular complexity index is 5160. The minimum Gasteiger partial charge on any atom is -0.201 e. The van der Waals surface area contributed by atoms with E-state index in [2.05, 4.69) is 38.1 Å². The summed E-state index contributed by atoms with van der Waals surface area (Å²) in [7, 11) is 9.25. The van der Waals surface area contributed by atoms with Crippen LogP contribution in [-0.2, 0) is 48.0 Å². The quantitative estimate of drug-likeness (QED) is 0.109. The number of pyridine rings is 5. The van der Waals surface area contributed by atoms with Crippen LogP contribution >= 0.6 is 0 Å². The Morgan fingerprint density at radius 3 is 1.16 bits per heavy atom. The summed E-state index contributed by atoms with van der Waals surface area (Å²) in [6, 6.07) is 50.2. The number of hydrogen-bond donors (Lipinski definition) is 0. The SMILES string of the molecule is [2H]C(C)(C)c1cc(-c2ccccc2C)[n+](C)cc1C([2H])(C)C([2H])([2H])[2H].[2H]C([2H])([2H])C([2H])(C)c1cc(-c2ccccc2C)[n+](C)cc1CC.[2H]C([2H])([2H])C([2H])(C)c1cc(C)c(-c2ccccc2C)[n+](C)c1.[2H]C([2H])([2H])C([2H])([2H])c1c[n+](C)c(-c2ccccc2C)cc1C([2H])(C)C([2H])([2H])[2H].[2H]C([2H])([2H])c1ccc(-c2ccccc2C)[n+](C)c1C. The third kappa shape index (κ3) is 18.1. The van der Waals surface area contributed by atoms with Gasteiger partial charge in [-0.15, -0.1) is 0 Å². The number of benzene rings is 5. The Balaban J connectivity index is 0.000000228. The second-order valence-corrected chi connectivity index (χ2v) is 24.1. The van der Waals surface area contributed by atoms with Gasteiger partial charge in [0.2, 0.25) is 28.5 Å². The average Bonchev–Trinajstić information content (AvgIpc) is 0.733. The highest BCUT2D eigenvalue weighted by Gasteiger charge is 2.23. The van der Waals surface area contributed by atoms with Crippen molar-refractivity contribution in [3.63, 3.8) is 0 Å². The molecule has 0 spiro atoms. The van der Waals surface area contributed by atoms with Gasteiger partial charge in [-0.1, -0.05) is 174 Å².